The van der Waals surface area contributed by atoms with Gasteiger partial charge in [0.15, 0.2) is 0 Å². The molecule has 2 aromatic carbocycles. The second-order valence-electron chi connectivity index (χ2n) is 7.63. The topological polar surface area (TPSA) is 55.4 Å². The molecule has 0 saturated heterocycles. The Labute approximate surface area is 180 Å². The first-order valence-corrected chi connectivity index (χ1v) is 11.0. The minimum Gasteiger partial charge on any atom is -0.465 e. The molecule has 1 heterocycles. The average Bonchev–Trinajstić information content (AvgIpc) is 3.52. The van der Waals surface area contributed by atoms with E-state index in [2.05, 4.69) is 36.5 Å². The Bertz CT molecular complexity index is 1070. The Balaban J connectivity index is 1.62. The van der Waals surface area contributed by atoms with Crippen molar-refractivity contribution in [3.05, 3.63) is 76.2 Å². The van der Waals surface area contributed by atoms with E-state index in [0.717, 1.165) is 28.8 Å². The number of methoxy groups -OCH3 is 1. The minimum absolute atomic E-state index is 0.0388. The minimum atomic E-state index is -0.431. The number of anilines is 1. The number of carbonyl (C=O) groups excluding carboxylic acids is 2. The fourth-order valence-corrected chi connectivity index (χ4v) is 5.01. The number of amides is 1. The summed E-state index contributed by atoms with van der Waals surface area (Å²) in [5.74, 6) is -0.287. The summed E-state index contributed by atoms with van der Waals surface area (Å²) in [5, 5.41) is 3.59. The molecule has 0 aliphatic heterocycles. The van der Waals surface area contributed by atoms with E-state index in [4.69, 9.17) is 4.74 Å². The maximum atomic E-state index is 12.9. The highest BCUT2D eigenvalue weighted by Gasteiger charge is 2.44. The Morgan fingerprint density at radius 1 is 1.10 bits per heavy atom. The van der Waals surface area contributed by atoms with Crippen molar-refractivity contribution < 1.29 is 14.3 Å². The standard InChI is InChI=1S/C25H25NO3S/c1-4-16-10-12-18(13-11-16)21-15(2)30-24(22(21)25(28)29-3)26-23(27)20-14-19(20)17-8-6-5-7-9-17/h5-13,19-20H,4,14H2,1-3H3,(H,26,27)/t19-,20+/m1/s1. The normalized spacial score (nSPS) is 17.4. The van der Waals surface area contributed by atoms with Crippen LogP contribution in [-0.4, -0.2) is 19.0 Å². The van der Waals surface area contributed by atoms with E-state index >= 15 is 0 Å². The van der Waals surface area contributed by atoms with Crippen molar-refractivity contribution in [2.75, 3.05) is 12.4 Å². The lowest BCUT2D eigenvalue weighted by atomic mass is 9.99. The average molecular weight is 420 g/mol. The van der Waals surface area contributed by atoms with Crippen molar-refractivity contribution in [3.8, 4) is 11.1 Å². The summed E-state index contributed by atoms with van der Waals surface area (Å²) >= 11 is 1.43. The number of rotatable bonds is 6. The van der Waals surface area contributed by atoms with E-state index in [1.807, 2.05) is 37.3 Å². The van der Waals surface area contributed by atoms with Gasteiger partial charge in [-0.25, -0.2) is 4.79 Å². The van der Waals surface area contributed by atoms with Crippen LogP contribution in [0.1, 0.15) is 45.6 Å². The van der Waals surface area contributed by atoms with Gasteiger partial charge in [-0.15, -0.1) is 11.3 Å². The highest BCUT2D eigenvalue weighted by atomic mass is 32.1. The van der Waals surface area contributed by atoms with Gasteiger partial charge in [0.25, 0.3) is 0 Å². The predicted molar refractivity (Wildman–Crippen MR) is 121 cm³/mol. The molecule has 2 atom stereocenters. The zero-order valence-electron chi connectivity index (χ0n) is 17.4. The second-order valence-corrected chi connectivity index (χ2v) is 8.85. The predicted octanol–water partition coefficient (Wildman–Crippen LogP) is 5.81. The van der Waals surface area contributed by atoms with Crippen LogP contribution in [0.25, 0.3) is 11.1 Å². The molecule has 0 unspecified atom stereocenters. The van der Waals surface area contributed by atoms with E-state index in [0.29, 0.717) is 10.6 Å². The molecular formula is C25H25NO3S. The van der Waals surface area contributed by atoms with E-state index in [1.165, 1.54) is 29.6 Å². The summed E-state index contributed by atoms with van der Waals surface area (Å²) in [7, 11) is 1.37. The van der Waals surface area contributed by atoms with Gasteiger partial charge in [-0.2, -0.15) is 0 Å². The van der Waals surface area contributed by atoms with Crippen molar-refractivity contribution in [2.45, 2.75) is 32.6 Å². The number of nitrogens with one attached hydrogen (secondary N) is 1. The number of hydrogen-bond acceptors (Lipinski definition) is 4. The van der Waals surface area contributed by atoms with Crippen molar-refractivity contribution in [1.29, 1.82) is 0 Å². The zero-order chi connectivity index (χ0) is 21.3. The number of benzene rings is 2. The first kappa shape index (κ1) is 20.4. The fraction of sp³-hybridized carbons (Fsp3) is 0.280. The van der Waals surface area contributed by atoms with E-state index < -0.39 is 5.97 Å². The van der Waals surface area contributed by atoms with Crippen LogP contribution in [0.15, 0.2) is 54.6 Å². The van der Waals surface area contributed by atoms with Gasteiger partial charge in [-0.3, -0.25) is 4.79 Å². The Morgan fingerprint density at radius 3 is 2.43 bits per heavy atom. The maximum absolute atomic E-state index is 12.9. The number of esters is 1. The Morgan fingerprint density at radius 2 is 1.80 bits per heavy atom. The van der Waals surface area contributed by atoms with Gasteiger partial charge in [-0.1, -0.05) is 61.5 Å². The molecular weight excluding hydrogens is 394 g/mol. The highest BCUT2D eigenvalue weighted by Crippen LogP contribution is 2.49. The Hall–Kier alpha value is -2.92. The highest BCUT2D eigenvalue weighted by molar-refractivity contribution is 7.17. The van der Waals surface area contributed by atoms with Crippen LogP contribution in [0.5, 0.6) is 0 Å². The van der Waals surface area contributed by atoms with Crippen LogP contribution in [0, 0.1) is 12.8 Å². The molecule has 5 heteroatoms. The molecule has 0 bridgehead atoms. The molecule has 1 aromatic heterocycles. The van der Waals surface area contributed by atoms with Gasteiger partial charge in [0.05, 0.1) is 7.11 Å². The third kappa shape index (κ3) is 3.90. The largest absolute Gasteiger partial charge is 0.465 e. The molecule has 1 N–H and O–H groups in total. The molecule has 1 saturated carbocycles. The first-order chi connectivity index (χ1) is 14.5. The fourth-order valence-electron chi connectivity index (χ4n) is 3.94. The summed E-state index contributed by atoms with van der Waals surface area (Å²) in [6, 6.07) is 18.3. The molecule has 0 radical (unpaired) electrons. The van der Waals surface area contributed by atoms with Gasteiger partial charge in [0, 0.05) is 16.4 Å². The lowest BCUT2D eigenvalue weighted by Crippen LogP contribution is -2.16. The van der Waals surface area contributed by atoms with Crippen LogP contribution in [0.2, 0.25) is 0 Å². The van der Waals surface area contributed by atoms with E-state index in [1.54, 1.807) is 0 Å². The number of carbonyl (C=O) groups is 2. The van der Waals surface area contributed by atoms with Crippen molar-refractivity contribution >= 4 is 28.2 Å². The molecule has 154 valence electrons. The van der Waals surface area contributed by atoms with Crippen LogP contribution in [0.3, 0.4) is 0 Å². The van der Waals surface area contributed by atoms with E-state index in [-0.39, 0.29) is 17.7 Å². The summed E-state index contributed by atoms with van der Waals surface area (Å²) in [6.07, 6.45) is 1.79. The summed E-state index contributed by atoms with van der Waals surface area (Å²) < 4.78 is 5.06. The lowest BCUT2D eigenvalue weighted by Gasteiger charge is -2.09. The molecule has 1 aliphatic carbocycles. The molecule has 1 amide bonds. The van der Waals surface area contributed by atoms with E-state index in [9.17, 15) is 9.59 Å². The second kappa shape index (κ2) is 8.44. The quantitative estimate of drug-likeness (QED) is 0.513. The first-order valence-electron chi connectivity index (χ1n) is 10.2. The van der Waals surface area contributed by atoms with Gasteiger partial charge in [0.2, 0.25) is 5.91 Å². The molecule has 3 aromatic rings. The smallest absolute Gasteiger partial charge is 0.341 e. The van der Waals surface area contributed by atoms with Crippen molar-refractivity contribution in [1.82, 2.24) is 0 Å². The van der Waals surface area contributed by atoms with Gasteiger partial charge in [-0.05, 0) is 42.4 Å². The number of hydrogen-bond donors (Lipinski definition) is 1. The molecule has 4 nitrogen and oxygen atoms in total. The SMILES string of the molecule is CCc1ccc(-c2c(C)sc(NC(=O)[C@H]3C[C@@H]3c3ccccc3)c2C(=O)OC)cc1. The molecule has 0 spiro atoms. The van der Waals surface area contributed by atoms with Gasteiger partial charge >= 0.3 is 5.97 Å². The van der Waals surface area contributed by atoms with Crippen molar-refractivity contribution in [3.63, 3.8) is 0 Å². The number of ether oxygens (including phenoxy) is 1. The number of thiophene rings is 1. The maximum Gasteiger partial charge on any atom is 0.341 e. The van der Waals surface area contributed by atoms with Gasteiger partial charge < -0.3 is 10.1 Å². The van der Waals surface area contributed by atoms with Crippen LogP contribution in [0.4, 0.5) is 5.00 Å². The summed E-state index contributed by atoms with van der Waals surface area (Å²) in [5.41, 5.74) is 4.65. The van der Waals surface area contributed by atoms with Gasteiger partial charge in [0.1, 0.15) is 10.6 Å². The zero-order valence-corrected chi connectivity index (χ0v) is 18.2. The van der Waals surface area contributed by atoms with Crippen LogP contribution < -0.4 is 5.32 Å². The third-order valence-electron chi connectivity index (χ3n) is 5.72. The number of aryl methyl sites for hydroxylation is 2. The molecule has 30 heavy (non-hydrogen) atoms. The molecule has 1 fully saturated rings. The molecule has 4 rings (SSSR count). The lowest BCUT2D eigenvalue weighted by molar-refractivity contribution is -0.117. The monoisotopic (exact) mass is 419 g/mol. The van der Waals surface area contributed by atoms with Crippen LogP contribution >= 0.6 is 11.3 Å². The van der Waals surface area contributed by atoms with Crippen LogP contribution in [-0.2, 0) is 16.0 Å². The Kier molecular flexibility index (Phi) is 5.73. The third-order valence-corrected chi connectivity index (χ3v) is 6.74. The summed E-state index contributed by atoms with van der Waals surface area (Å²) in [4.78, 5) is 26.5. The summed E-state index contributed by atoms with van der Waals surface area (Å²) in [6.45, 7) is 4.08. The van der Waals surface area contributed by atoms with Crippen molar-refractivity contribution in [2.24, 2.45) is 5.92 Å². The molecule has 1 aliphatic rings.